The van der Waals surface area contributed by atoms with Gasteiger partial charge < -0.3 is 4.90 Å². The Balaban J connectivity index is 1.88. The highest BCUT2D eigenvalue weighted by atomic mass is 32.2. The van der Waals surface area contributed by atoms with Crippen LogP contribution in [0.15, 0.2) is 59.5 Å². The topological polar surface area (TPSA) is 57.7 Å². The number of hydrogen-bond donors (Lipinski definition) is 0. The third-order valence-electron chi connectivity index (χ3n) is 5.02. The molecule has 0 saturated carbocycles. The normalized spacial score (nSPS) is 20.3. The van der Waals surface area contributed by atoms with Gasteiger partial charge in [-0.1, -0.05) is 38.1 Å². The molecule has 0 unspecified atom stereocenters. The molecule has 2 aromatic rings. The Morgan fingerprint density at radius 3 is 2.26 bits per heavy atom. The Bertz CT molecular complexity index is 902. The summed E-state index contributed by atoms with van der Waals surface area (Å²) in [5.74, 6) is 0.801. The smallest absolute Gasteiger partial charge is 0.264 e. The van der Waals surface area contributed by atoms with Gasteiger partial charge in [-0.3, -0.25) is 9.10 Å². The minimum atomic E-state index is -3.74. The number of nitrogens with zero attached hydrogens (tertiary/aromatic N) is 2. The molecular formula is C21H26N2O3S. The Labute approximate surface area is 161 Å². The minimum absolute atomic E-state index is 0.104. The molecule has 0 spiro atoms. The number of benzene rings is 2. The van der Waals surface area contributed by atoms with Crippen LogP contribution in [0.4, 0.5) is 5.69 Å². The minimum Gasteiger partial charge on any atom is -0.338 e. The summed E-state index contributed by atoms with van der Waals surface area (Å²) in [7, 11) is -2.22. The van der Waals surface area contributed by atoms with Crippen molar-refractivity contribution in [1.29, 1.82) is 0 Å². The molecule has 144 valence electrons. The predicted octanol–water partition coefficient (Wildman–Crippen LogP) is 3.63. The lowest BCUT2D eigenvalue weighted by Gasteiger charge is -2.35. The largest absolute Gasteiger partial charge is 0.338 e. The molecule has 1 heterocycles. The Kier molecular flexibility index (Phi) is 5.56. The monoisotopic (exact) mass is 386 g/mol. The number of carbonyl (C=O) groups is 1. The van der Waals surface area contributed by atoms with Crippen LogP contribution < -0.4 is 4.31 Å². The lowest BCUT2D eigenvalue weighted by molar-refractivity contribution is 0.0623. The van der Waals surface area contributed by atoms with Crippen molar-refractivity contribution in [3.05, 3.63) is 60.2 Å². The van der Waals surface area contributed by atoms with E-state index in [-0.39, 0.29) is 10.8 Å². The van der Waals surface area contributed by atoms with Crippen molar-refractivity contribution in [3.8, 4) is 0 Å². The number of anilines is 1. The molecule has 0 N–H and O–H groups in total. The molecule has 1 aliphatic heterocycles. The Morgan fingerprint density at radius 1 is 1.00 bits per heavy atom. The molecule has 6 heteroatoms. The summed E-state index contributed by atoms with van der Waals surface area (Å²) in [6, 6.07) is 15.2. The van der Waals surface area contributed by atoms with Gasteiger partial charge in [-0.05, 0) is 48.6 Å². The predicted molar refractivity (Wildman–Crippen MR) is 107 cm³/mol. The molecule has 1 saturated heterocycles. The highest BCUT2D eigenvalue weighted by Gasteiger charge is 2.27. The van der Waals surface area contributed by atoms with Crippen molar-refractivity contribution in [3.63, 3.8) is 0 Å². The number of likely N-dealkylation sites (tertiary alicyclic amines) is 1. The second kappa shape index (κ2) is 7.72. The van der Waals surface area contributed by atoms with Crippen LogP contribution in [0.2, 0.25) is 0 Å². The third-order valence-corrected chi connectivity index (χ3v) is 6.80. The van der Waals surface area contributed by atoms with Crippen LogP contribution >= 0.6 is 0 Å². The maximum absolute atomic E-state index is 13.0. The summed E-state index contributed by atoms with van der Waals surface area (Å²) in [5.41, 5.74) is 0.992. The van der Waals surface area contributed by atoms with E-state index in [9.17, 15) is 13.2 Å². The summed E-state index contributed by atoms with van der Waals surface area (Å²) in [5, 5.41) is 0. The van der Waals surface area contributed by atoms with Crippen molar-refractivity contribution in [2.24, 2.45) is 11.8 Å². The third kappa shape index (κ3) is 4.16. The van der Waals surface area contributed by atoms with Crippen molar-refractivity contribution in [1.82, 2.24) is 4.90 Å². The summed E-state index contributed by atoms with van der Waals surface area (Å²) >= 11 is 0. The first-order valence-corrected chi connectivity index (χ1v) is 10.7. The van der Waals surface area contributed by atoms with Crippen molar-refractivity contribution in [2.45, 2.75) is 25.2 Å². The van der Waals surface area contributed by atoms with E-state index in [1.54, 1.807) is 36.4 Å². The number of piperidine rings is 1. The van der Waals surface area contributed by atoms with Crippen LogP contribution in [0.3, 0.4) is 0 Å². The van der Waals surface area contributed by atoms with Gasteiger partial charge in [-0.2, -0.15) is 0 Å². The molecular weight excluding hydrogens is 360 g/mol. The second-order valence-corrected chi connectivity index (χ2v) is 9.46. The fourth-order valence-electron chi connectivity index (χ4n) is 3.74. The van der Waals surface area contributed by atoms with Gasteiger partial charge >= 0.3 is 0 Å². The molecule has 3 rings (SSSR count). The molecule has 0 radical (unpaired) electrons. The van der Waals surface area contributed by atoms with E-state index in [1.165, 1.54) is 23.5 Å². The van der Waals surface area contributed by atoms with Crippen LogP contribution in [0.1, 0.15) is 30.6 Å². The van der Waals surface area contributed by atoms with E-state index in [2.05, 4.69) is 13.8 Å². The van der Waals surface area contributed by atoms with Gasteiger partial charge in [0.2, 0.25) is 0 Å². The fraction of sp³-hybridized carbons (Fsp3) is 0.381. The lowest BCUT2D eigenvalue weighted by Crippen LogP contribution is -2.42. The second-order valence-electron chi connectivity index (χ2n) is 7.49. The van der Waals surface area contributed by atoms with E-state index in [1.807, 2.05) is 11.0 Å². The highest BCUT2D eigenvalue weighted by molar-refractivity contribution is 7.92. The van der Waals surface area contributed by atoms with Crippen LogP contribution in [0.25, 0.3) is 0 Å². The number of sulfonamides is 1. The summed E-state index contributed by atoms with van der Waals surface area (Å²) in [4.78, 5) is 14.9. The average Bonchev–Trinajstić information content (AvgIpc) is 2.66. The van der Waals surface area contributed by atoms with Gasteiger partial charge in [0.15, 0.2) is 0 Å². The van der Waals surface area contributed by atoms with Crippen LogP contribution in [0, 0.1) is 11.8 Å². The molecule has 2 atom stereocenters. The summed E-state index contributed by atoms with van der Waals surface area (Å²) < 4.78 is 27.2. The van der Waals surface area contributed by atoms with Crippen molar-refractivity contribution < 1.29 is 13.2 Å². The molecule has 0 bridgehead atoms. The number of carbonyl (C=O) groups excluding carboxylic acids is 1. The van der Waals surface area contributed by atoms with Gasteiger partial charge in [0.25, 0.3) is 15.9 Å². The maximum atomic E-state index is 13.0. The number of amides is 1. The molecule has 1 aliphatic rings. The highest BCUT2D eigenvalue weighted by Crippen LogP contribution is 2.25. The summed E-state index contributed by atoms with van der Waals surface area (Å²) in [6.45, 7) is 5.71. The number of rotatable bonds is 4. The fourth-order valence-corrected chi connectivity index (χ4v) is 4.98. The standard InChI is InChI=1S/C21H26N2O3S/c1-16-12-17(2)15-23(14-16)21(24)18-8-7-11-20(13-18)27(25,26)22(3)19-9-5-4-6-10-19/h4-11,13,16-17H,12,14-15H2,1-3H3/t16-,17+. The van der Waals surface area contributed by atoms with Gasteiger partial charge in [0, 0.05) is 25.7 Å². The van der Waals surface area contributed by atoms with Crippen LogP contribution in [0.5, 0.6) is 0 Å². The van der Waals surface area contributed by atoms with Crippen LogP contribution in [-0.2, 0) is 10.0 Å². The zero-order valence-corrected chi connectivity index (χ0v) is 16.8. The molecule has 0 aliphatic carbocycles. The van der Waals surface area contributed by atoms with E-state index < -0.39 is 10.0 Å². The van der Waals surface area contributed by atoms with Crippen molar-refractivity contribution in [2.75, 3.05) is 24.4 Å². The first-order valence-electron chi connectivity index (χ1n) is 9.22. The SMILES string of the molecule is C[C@@H]1C[C@H](C)CN(C(=O)c2cccc(S(=O)(=O)N(C)c3ccccc3)c2)C1. The van der Waals surface area contributed by atoms with E-state index in [0.717, 1.165) is 6.42 Å². The zero-order valence-electron chi connectivity index (χ0n) is 16.0. The molecule has 1 fully saturated rings. The van der Waals surface area contributed by atoms with Gasteiger partial charge in [0.05, 0.1) is 10.6 Å². The molecule has 27 heavy (non-hydrogen) atoms. The van der Waals surface area contributed by atoms with Gasteiger partial charge in [-0.15, -0.1) is 0 Å². The van der Waals surface area contributed by atoms with Gasteiger partial charge in [-0.25, -0.2) is 8.42 Å². The van der Waals surface area contributed by atoms with Crippen molar-refractivity contribution >= 4 is 21.6 Å². The Morgan fingerprint density at radius 2 is 1.63 bits per heavy atom. The summed E-state index contributed by atoms with van der Waals surface area (Å²) in [6.07, 6.45) is 1.11. The quantitative estimate of drug-likeness (QED) is 0.806. The molecule has 2 aromatic carbocycles. The number of para-hydroxylation sites is 1. The van der Waals surface area contributed by atoms with E-state index in [0.29, 0.717) is 36.2 Å². The first kappa shape index (κ1) is 19.4. The Hall–Kier alpha value is -2.34. The molecule has 5 nitrogen and oxygen atoms in total. The van der Waals surface area contributed by atoms with E-state index in [4.69, 9.17) is 0 Å². The zero-order chi connectivity index (χ0) is 19.6. The van der Waals surface area contributed by atoms with Gasteiger partial charge in [0.1, 0.15) is 0 Å². The maximum Gasteiger partial charge on any atom is 0.264 e. The molecule has 1 amide bonds. The average molecular weight is 387 g/mol. The lowest BCUT2D eigenvalue weighted by atomic mass is 9.91. The first-order chi connectivity index (χ1) is 12.8. The number of hydrogen-bond acceptors (Lipinski definition) is 3. The van der Waals surface area contributed by atoms with E-state index >= 15 is 0 Å². The molecule has 0 aromatic heterocycles. The van der Waals surface area contributed by atoms with Crippen LogP contribution in [-0.4, -0.2) is 39.4 Å².